The number of hydrogen-bond acceptors (Lipinski definition) is 7. The fourth-order valence-electron chi connectivity index (χ4n) is 4.34. The Bertz CT molecular complexity index is 842. The molecule has 8 heteroatoms. The third-order valence-electron chi connectivity index (χ3n) is 5.89. The van der Waals surface area contributed by atoms with E-state index < -0.39 is 0 Å². The SMILES string of the molecule is O=C(c1cc2c(s1)C1(CCN(c3ncccn3)CC1)OCC2)N1CCOCC1. The summed E-state index contributed by atoms with van der Waals surface area (Å²) in [5.74, 6) is 0.913. The minimum atomic E-state index is -0.271. The normalized spacial score (nSPS) is 21.6. The van der Waals surface area contributed by atoms with Crippen LogP contribution in [0.25, 0.3) is 0 Å². The van der Waals surface area contributed by atoms with Crippen LogP contribution in [-0.4, -0.2) is 66.8 Å². The first-order chi connectivity index (χ1) is 13.8. The molecule has 5 heterocycles. The van der Waals surface area contributed by atoms with Gasteiger partial charge in [0.1, 0.15) is 5.60 Å². The molecule has 2 fully saturated rings. The van der Waals surface area contributed by atoms with Crippen molar-refractivity contribution in [3.05, 3.63) is 39.8 Å². The van der Waals surface area contributed by atoms with E-state index in [4.69, 9.17) is 9.47 Å². The van der Waals surface area contributed by atoms with Gasteiger partial charge in [0.15, 0.2) is 0 Å². The van der Waals surface area contributed by atoms with E-state index in [1.54, 1.807) is 23.7 Å². The topological polar surface area (TPSA) is 67.8 Å². The lowest BCUT2D eigenvalue weighted by atomic mass is 9.85. The summed E-state index contributed by atoms with van der Waals surface area (Å²) in [4.78, 5) is 27.9. The van der Waals surface area contributed by atoms with E-state index in [0.717, 1.165) is 49.8 Å². The van der Waals surface area contributed by atoms with E-state index in [-0.39, 0.29) is 11.5 Å². The van der Waals surface area contributed by atoms with Crippen molar-refractivity contribution < 1.29 is 14.3 Å². The molecule has 7 nitrogen and oxygen atoms in total. The fourth-order valence-corrected chi connectivity index (χ4v) is 5.72. The zero-order chi connectivity index (χ0) is 19.0. The molecule has 148 valence electrons. The molecule has 28 heavy (non-hydrogen) atoms. The molecule has 2 aromatic heterocycles. The number of anilines is 1. The van der Waals surface area contributed by atoms with Crippen LogP contribution in [0.15, 0.2) is 24.5 Å². The van der Waals surface area contributed by atoms with E-state index in [1.807, 2.05) is 11.0 Å². The number of aromatic nitrogens is 2. The van der Waals surface area contributed by atoms with Crippen molar-refractivity contribution in [1.82, 2.24) is 14.9 Å². The molecule has 2 saturated heterocycles. The Morgan fingerprint density at radius 3 is 2.57 bits per heavy atom. The van der Waals surface area contributed by atoms with Crippen LogP contribution in [0, 0.1) is 0 Å². The first-order valence-corrected chi connectivity index (χ1v) is 10.7. The molecular weight excluding hydrogens is 376 g/mol. The van der Waals surface area contributed by atoms with Gasteiger partial charge in [-0.3, -0.25) is 4.79 Å². The molecule has 0 aromatic carbocycles. The average molecular weight is 401 g/mol. The van der Waals surface area contributed by atoms with Gasteiger partial charge in [-0.1, -0.05) is 0 Å². The molecule has 5 rings (SSSR count). The predicted octanol–water partition coefficient (Wildman–Crippen LogP) is 2.08. The first kappa shape index (κ1) is 18.0. The van der Waals surface area contributed by atoms with Gasteiger partial charge in [0, 0.05) is 43.4 Å². The maximum Gasteiger partial charge on any atom is 0.264 e. The first-order valence-electron chi connectivity index (χ1n) is 9.91. The number of amides is 1. The van der Waals surface area contributed by atoms with Gasteiger partial charge in [0.05, 0.1) is 24.7 Å². The molecule has 0 radical (unpaired) electrons. The smallest absolute Gasteiger partial charge is 0.264 e. The number of ether oxygens (including phenoxy) is 2. The number of piperidine rings is 1. The second kappa shape index (κ2) is 7.42. The van der Waals surface area contributed by atoms with Crippen molar-refractivity contribution in [3.63, 3.8) is 0 Å². The third-order valence-corrected chi connectivity index (χ3v) is 7.24. The number of carbonyl (C=O) groups is 1. The Labute approximate surface area is 168 Å². The van der Waals surface area contributed by atoms with Crippen LogP contribution in [0.5, 0.6) is 0 Å². The van der Waals surface area contributed by atoms with Crippen molar-refractivity contribution in [2.75, 3.05) is 50.9 Å². The molecule has 0 unspecified atom stereocenters. The van der Waals surface area contributed by atoms with Crippen LogP contribution in [0.4, 0.5) is 5.95 Å². The Balaban J connectivity index is 1.36. The van der Waals surface area contributed by atoms with Gasteiger partial charge in [-0.25, -0.2) is 9.97 Å². The minimum Gasteiger partial charge on any atom is -0.378 e. The summed E-state index contributed by atoms with van der Waals surface area (Å²) < 4.78 is 11.7. The summed E-state index contributed by atoms with van der Waals surface area (Å²) in [5.41, 5.74) is 1.02. The maximum absolute atomic E-state index is 12.9. The second-order valence-corrected chi connectivity index (χ2v) is 8.55. The maximum atomic E-state index is 12.9. The van der Waals surface area contributed by atoms with Crippen LogP contribution in [0.2, 0.25) is 0 Å². The minimum absolute atomic E-state index is 0.132. The molecule has 3 aliphatic heterocycles. The highest BCUT2D eigenvalue weighted by atomic mass is 32.1. The van der Waals surface area contributed by atoms with Crippen LogP contribution in [0.3, 0.4) is 0 Å². The van der Waals surface area contributed by atoms with Gasteiger partial charge in [-0.05, 0) is 37.0 Å². The van der Waals surface area contributed by atoms with E-state index in [9.17, 15) is 4.79 Å². The Morgan fingerprint density at radius 1 is 1.07 bits per heavy atom. The van der Waals surface area contributed by atoms with E-state index in [0.29, 0.717) is 26.3 Å². The van der Waals surface area contributed by atoms with Crippen LogP contribution < -0.4 is 4.90 Å². The van der Waals surface area contributed by atoms with Crippen LogP contribution in [0.1, 0.15) is 33.0 Å². The van der Waals surface area contributed by atoms with Gasteiger partial charge in [0.2, 0.25) is 5.95 Å². The fraction of sp³-hybridized carbons (Fsp3) is 0.550. The van der Waals surface area contributed by atoms with Gasteiger partial charge in [-0.2, -0.15) is 0 Å². The Kier molecular flexibility index (Phi) is 4.78. The Morgan fingerprint density at radius 2 is 1.82 bits per heavy atom. The van der Waals surface area contributed by atoms with Crippen molar-refractivity contribution in [3.8, 4) is 0 Å². The molecular formula is C20H24N4O3S. The van der Waals surface area contributed by atoms with Crippen molar-refractivity contribution in [1.29, 1.82) is 0 Å². The zero-order valence-corrected chi connectivity index (χ0v) is 16.6. The summed E-state index contributed by atoms with van der Waals surface area (Å²) in [7, 11) is 0. The van der Waals surface area contributed by atoms with Crippen molar-refractivity contribution >= 4 is 23.2 Å². The van der Waals surface area contributed by atoms with Crippen LogP contribution in [-0.2, 0) is 21.5 Å². The van der Waals surface area contributed by atoms with Gasteiger partial charge in [0.25, 0.3) is 5.91 Å². The van der Waals surface area contributed by atoms with Crippen LogP contribution >= 0.6 is 11.3 Å². The zero-order valence-electron chi connectivity index (χ0n) is 15.8. The molecule has 0 saturated carbocycles. The molecule has 0 N–H and O–H groups in total. The molecule has 2 aromatic rings. The number of fused-ring (bicyclic) bond motifs is 2. The number of nitrogens with zero attached hydrogens (tertiary/aromatic N) is 4. The van der Waals surface area contributed by atoms with Gasteiger partial charge in [-0.15, -0.1) is 11.3 Å². The monoisotopic (exact) mass is 400 g/mol. The number of rotatable bonds is 2. The van der Waals surface area contributed by atoms with E-state index in [2.05, 4.69) is 20.9 Å². The predicted molar refractivity (Wildman–Crippen MR) is 106 cm³/mol. The lowest BCUT2D eigenvalue weighted by molar-refractivity contribution is -0.0736. The molecule has 0 bridgehead atoms. The largest absolute Gasteiger partial charge is 0.378 e. The number of carbonyl (C=O) groups excluding carboxylic acids is 1. The third kappa shape index (κ3) is 3.19. The van der Waals surface area contributed by atoms with E-state index >= 15 is 0 Å². The number of morpholine rings is 1. The summed E-state index contributed by atoms with van der Waals surface area (Å²) >= 11 is 1.63. The number of thiophene rings is 1. The quantitative estimate of drug-likeness (QED) is 0.769. The summed E-state index contributed by atoms with van der Waals surface area (Å²) in [6.45, 7) is 5.03. The molecule has 3 aliphatic rings. The second-order valence-electron chi connectivity index (χ2n) is 7.50. The molecule has 0 aliphatic carbocycles. The van der Waals surface area contributed by atoms with Crippen molar-refractivity contribution in [2.24, 2.45) is 0 Å². The number of hydrogen-bond donors (Lipinski definition) is 0. The van der Waals surface area contributed by atoms with Gasteiger partial charge >= 0.3 is 0 Å². The van der Waals surface area contributed by atoms with Gasteiger partial charge < -0.3 is 19.3 Å². The molecule has 1 amide bonds. The molecule has 0 atom stereocenters. The standard InChI is InChI=1S/C20H24N4O3S/c25-18(23-9-12-26-13-10-23)16-14-15-2-11-27-20(17(15)28-16)3-7-24(8-4-20)19-21-5-1-6-22-19/h1,5-6,14H,2-4,7-13H2. The highest BCUT2D eigenvalue weighted by molar-refractivity contribution is 7.14. The summed E-state index contributed by atoms with van der Waals surface area (Å²) in [6, 6.07) is 3.94. The highest BCUT2D eigenvalue weighted by Gasteiger charge is 2.43. The molecule has 1 spiro atoms. The average Bonchev–Trinajstić information content (AvgIpc) is 3.21. The van der Waals surface area contributed by atoms with E-state index in [1.165, 1.54) is 10.4 Å². The highest BCUT2D eigenvalue weighted by Crippen LogP contribution is 2.46. The summed E-state index contributed by atoms with van der Waals surface area (Å²) in [6.07, 6.45) is 6.23. The summed E-state index contributed by atoms with van der Waals surface area (Å²) in [5, 5.41) is 0. The lowest BCUT2D eigenvalue weighted by Gasteiger charge is -2.43. The Hall–Kier alpha value is -2.03. The van der Waals surface area contributed by atoms with Crippen molar-refractivity contribution in [2.45, 2.75) is 24.9 Å². The lowest BCUT2D eigenvalue weighted by Crippen LogP contribution is -2.46.